The summed E-state index contributed by atoms with van der Waals surface area (Å²) in [4.78, 5) is 2.50. The zero-order valence-corrected chi connectivity index (χ0v) is 16.8. The lowest BCUT2D eigenvalue weighted by molar-refractivity contribution is 0.0298. The number of piperazine rings is 1. The Morgan fingerprint density at radius 2 is 1.85 bits per heavy atom. The van der Waals surface area contributed by atoms with E-state index in [1.807, 2.05) is 6.92 Å². The average molecular weight is 379 g/mol. The number of ether oxygens (including phenoxy) is 1. The number of hydrogen-bond donors (Lipinski definition) is 2. The molecule has 26 heavy (non-hydrogen) atoms. The van der Waals surface area contributed by atoms with Crippen molar-refractivity contribution in [1.29, 1.82) is 0 Å². The van der Waals surface area contributed by atoms with Gasteiger partial charge in [-0.2, -0.15) is 0 Å². The Morgan fingerprint density at radius 1 is 1.15 bits per heavy atom. The standard InChI is InChI=1S/C21H30N2O2.ClH/c1-4-25-18-10-9-16-7-5-6-8-17(16)19(18)20(21(2,3)15-24)23-13-11-22-12-14-23;/h5-10,20,22,24H,4,11-15H2,1-3H3;1H/t20-;/m1./s1. The van der Waals surface area contributed by atoms with Crippen molar-refractivity contribution in [3.8, 4) is 5.75 Å². The molecule has 2 aromatic rings. The number of halogens is 1. The third-order valence-electron chi connectivity index (χ3n) is 5.17. The molecule has 1 aliphatic heterocycles. The van der Waals surface area contributed by atoms with E-state index < -0.39 is 0 Å². The molecular formula is C21H31ClN2O2. The van der Waals surface area contributed by atoms with Crippen LogP contribution >= 0.6 is 12.4 Å². The molecule has 0 unspecified atom stereocenters. The Hall–Kier alpha value is -1.33. The Morgan fingerprint density at radius 3 is 2.50 bits per heavy atom. The minimum atomic E-state index is -0.271. The predicted molar refractivity (Wildman–Crippen MR) is 110 cm³/mol. The maximum atomic E-state index is 10.2. The van der Waals surface area contributed by atoms with Gasteiger partial charge in [-0.05, 0) is 23.8 Å². The van der Waals surface area contributed by atoms with Crippen LogP contribution in [0, 0.1) is 5.41 Å². The van der Waals surface area contributed by atoms with Gasteiger partial charge in [-0.25, -0.2) is 0 Å². The molecule has 1 aliphatic rings. The quantitative estimate of drug-likeness (QED) is 0.805. The van der Waals surface area contributed by atoms with Crippen LogP contribution in [0.1, 0.15) is 32.4 Å². The summed E-state index contributed by atoms with van der Waals surface area (Å²) < 4.78 is 6.03. The highest BCUT2D eigenvalue weighted by molar-refractivity contribution is 5.88. The second-order valence-electron chi connectivity index (χ2n) is 7.47. The first-order chi connectivity index (χ1) is 12.1. The van der Waals surface area contributed by atoms with Gasteiger partial charge in [-0.1, -0.05) is 44.2 Å². The smallest absolute Gasteiger partial charge is 0.124 e. The van der Waals surface area contributed by atoms with Gasteiger partial charge in [0.05, 0.1) is 6.61 Å². The number of nitrogens with zero attached hydrogens (tertiary/aromatic N) is 1. The predicted octanol–water partition coefficient (Wildman–Crippen LogP) is 3.63. The zero-order chi connectivity index (χ0) is 17.9. The fourth-order valence-corrected chi connectivity index (χ4v) is 3.93. The zero-order valence-electron chi connectivity index (χ0n) is 16.0. The molecule has 0 aliphatic carbocycles. The highest BCUT2D eigenvalue weighted by atomic mass is 35.5. The van der Waals surface area contributed by atoms with Crippen LogP contribution in [0.2, 0.25) is 0 Å². The molecule has 1 atom stereocenters. The summed E-state index contributed by atoms with van der Waals surface area (Å²) in [5.74, 6) is 0.936. The summed E-state index contributed by atoms with van der Waals surface area (Å²) in [6.45, 7) is 11.0. The van der Waals surface area contributed by atoms with Gasteiger partial charge in [0, 0.05) is 49.8 Å². The van der Waals surface area contributed by atoms with E-state index >= 15 is 0 Å². The molecule has 0 radical (unpaired) electrons. The minimum Gasteiger partial charge on any atom is -0.494 e. The fourth-order valence-electron chi connectivity index (χ4n) is 3.93. The summed E-state index contributed by atoms with van der Waals surface area (Å²) in [7, 11) is 0. The number of hydrogen-bond acceptors (Lipinski definition) is 4. The molecule has 1 heterocycles. The van der Waals surface area contributed by atoms with Gasteiger partial charge in [0.15, 0.2) is 0 Å². The lowest BCUT2D eigenvalue weighted by atomic mass is 9.78. The molecule has 144 valence electrons. The Labute approximate surface area is 162 Å². The second-order valence-corrected chi connectivity index (χ2v) is 7.47. The average Bonchev–Trinajstić information content (AvgIpc) is 2.64. The van der Waals surface area contributed by atoms with Gasteiger partial charge in [-0.15, -0.1) is 12.4 Å². The summed E-state index contributed by atoms with van der Waals surface area (Å²) in [5, 5.41) is 16.0. The maximum absolute atomic E-state index is 10.2. The summed E-state index contributed by atoms with van der Waals surface area (Å²) in [5.41, 5.74) is 0.939. The van der Waals surface area contributed by atoms with Crippen molar-refractivity contribution in [3.05, 3.63) is 42.0 Å². The second kappa shape index (κ2) is 9.05. The third-order valence-corrected chi connectivity index (χ3v) is 5.17. The first-order valence-corrected chi connectivity index (χ1v) is 9.28. The van der Waals surface area contributed by atoms with E-state index in [-0.39, 0.29) is 30.5 Å². The fraction of sp³-hybridized carbons (Fsp3) is 0.524. The monoisotopic (exact) mass is 378 g/mol. The molecule has 2 N–H and O–H groups in total. The van der Waals surface area contributed by atoms with Crippen molar-refractivity contribution in [2.75, 3.05) is 39.4 Å². The van der Waals surface area contributed by atoms with Gasteiger partial charge in [0.2, 0.25) is 0 Å². The van der Waals surface area contributed by atoms with Gasteiger partial charge in [-0.3, -0.25) is 4.90 Å². The van der Waals surface area contributed by atoms with Crippen molar-refractivity contribution in [1.82, 2.24) is 10.2 Å². The summed E-state index contributed by atoms with van der Waals surface area (Å²) >= 11 is 0. The van der Waals surface area contributed by atoms with Crippen LogP contribution in [-0.4, -0.2) is 49.4 Å². The van der Waals surface area contributed by atoms with Crippen LogP contribution in [0.4, 0.5) is 0 Å². The molecular weight excluding hydrogens is 348 g/mol. The minimum absolute atomic E-state index is 0. The van der Waals surface area contributed by atoms with Crippen molar-refractivity contribution in [2.24, 2.45) is 5.41 Å². The van der Waals surface area contributed by atoms with Crippen molar-refractivity contribution in [2.45, 2.75) is 26.8 Å². The number of rotatable bonds is 6. The number of aliphatic hydroxyl groups is 1. The maximum Gasteiger partial charge on any atom is 0.124 e. The molecule has 1 fully saturated rings. The summed E-state index contributed by atoms with van der Waals surface area (Å²) in [6, 6.07) is 12.8. The number of nitrogens with one attached hydrogen (secondary N) is 1. The van der Waals surface area contributed by atoms with E-state index in [9.17, 15) is 5.11 Å². The third kappa shape index (κ3) is 4.15. The molecule has 0 amide bonds. The highest BCUT2D eigenvalue weighted by Gasteiger charge is 2.38. The van der Waals surface area contributed by atoms with E-state index in [0.717, 1.165) is 31.9 Å². The molecule has 0 bridgehead atoms. The van der Waals surface area contributed by atoms with Crippen LogP contribution in [0.5, 0.6) is 5.75 Å². The van der Waals surface area contributed by atoms with E-state index in [1.165, 1.54) is 16.3 Å². The molecule has 3 rings (SSSR count). The van der Waals surface area contributed by atoms with Crippen molar-refractivity contribution in [3.63, 3.8) is 0 Å². The van der Waals surface area contributed by atoms with Crippen LogP contribution < -0.4 is 10.1 Å². The number of benzene rings is 2. The molecule has 0 aromatic heterocycles. The number of fused-ring (bicyclic) bond motifs is 1. The lowest BCUT2D eigenvalue weighted by Crippen LogP contribution is -2.49. The Bertz CT molecular complexity index is 714. The van der Waals surface area contributed by atoms with Crippen molar-refractivity contribution < 1.29 is 9.84 Å². The normalized spacial score (nSPS) is 16.9. The molecule has 4 nitrogen and oxygen atoms in total. The van der Waals surface area contributed by atoms with Crippen LogP contribution in [-0.2, 0) is 0 Å². The Balaban J connectivity index is 0.00000243. The molecule has 0 saturated carbocycles. The molecule has 1 saturated heterocycles. The highest BCUT2D eigenvalue weighted by Crippen LogP contribution is 2.45. The van der Waals surface area contributed by atoms with E-state index in [0.29, 0.717) is 6.61 Å². The van der Waals surface area contributed by atoms with E-state index in [1.54, 1.807) is 0 Å². The van der Waals surface area contributed by atoms with Gasteiger partial charge in [0.1, 0.15) is 5.75 Å². The molecule has 2 aromatic carbocycles. The molecule has 5 heteroatoms. The lowest BCUT2D eigenvalue weighted by Gasteiger charge is -2.44. The van der Waals surface area contributed by atoms with Gasteiger partial charge in [0.25, 0.3) is 0 Å². The van der Waals surface area contributed by atoms with E-state index in [4.69, 9.17) is 4.74 Å². The molecule has 0 spiro atoms. The van der Waals surface area contributed by atoms with Gasteiger partial charge < -0.3 is 15.2 Å². The first kappa shape index (κ1) is 21.0. The largest absolute Gasteiger partial charge is 0.494 e. The van der Waals surface area contributed by atoms with E-state index in [2.05, 4.69) is 60.5 Å². The number of aliphatic hydroxyl groups excluding tert-OH is 1. The van der Waals surface area contributed by atoms with Crippen molar-refractivity contribution >= 4 is 23.2 Å². The topological polar surface area (TPSA) is 44.7 Å². The Kier molecular flexibility index (Phi) is 7.30. The van der Waals surface area contributed by atoms with Crippen LogP contribution in [0.25, 0.3) is 10.8 Å². The van der Waals surface area contributed by atoms with Gasteiger partial charge >= 0.3 is 0 Å². The summed E-state index contributed by atoms with van der Waals surface area (Å²) in [6.07, 6.45) is 0. The van der Waals surface area contributed by atoms with Crippen LogP contribution in [0.3, 0.4) is 0 Å². The SMILES string of the molecule is CCOc1ccc2ccccc2c1[C@@H](N1CCNCC1)C(C)(C)CO.Cl. The van der Waals surface area contributed by atoms with Crippen LogP contribution in [0.15, 0.2) is 36.4 Å². The first-order valence-electron chi connectivity index (χ1n) is 9.28.